The molecular weight excluding hydrogens is 470 g/mol. The summed E-state index contributed by atoms with van der Waals surface area (Å²) >= 11 is 0. The largest absolute Gasteiger partial charge is 0.507 e. The number of aliphatic hydroxyl groups excluding tert-OH is 3. The molecule has 1 aliphatic rings. The van der Waals surface area contributed by atoms with Crippen LogP contribution in [-0.2, 0) is 14.4 Å². The van der Waals surface area contributed by atoms with E-state index in [0.29, 0.717) is 5.39 Å². The van der Waals surface area contributed by atoms with E-state index >= 15 is 0 Å². The third-order valence-electron chi connectivity index (χ3n) is 6.50. The molecule has 10 heteroatoms. The Labute approximate surface area is 207 Å². The molecule has 4 N–H and O–H groups in total. The van der Waals surface area contributed by atoms with Crippen molar-refractivity contribution in [2.75, 3.05) is 7.11 Å². The van der Waals surface area contributed by atoms with E-state index in [-0.39, 0.29) is 23.3 Å². The summed E-state index contributed by atoms with van der Waals surface area (Å²) in [5, 5.41) is 43.0. The molecular formula is C26H31NO9. The van der Waals surface area contributed by atoms with Crippen LogP contribution in [0, 0.1) is 0 Å². The zero-order chi connectivity index (χ0) is 26.0. The zero-order valence-corrected chi connectivity index (χ0v) is 20.2. The highest BCUT2D eigenvalue weighted by atomic mass is 17.0. The Morgan fingerprint density at radius 2 is 1.67 bits per heavy atom. The molecule has 1 saturated heterocycles. The van der Waals surface area contributed by atoms with Crippen LogP contribution in [0.15, 0.2) is 63.8 Å². The third kappa shape index (κ3) is 5.16. The average Bonchev–Trinajstić information content (AvgIpc) is 2.88. The average molecular weight is 502 g/mol. The number of fused-ring (bicyclic) bond motifs is 1. The highest BCUT2D eigenvalue weighted by Gasteiger charge is 2.44. The van der Waals surface area contributed by atoms with Gasteiger partial charge in [0, 0.05) is 5.92 Å². The van der Waals surface area contributed by atoms with Gasteiger partial charge in [-0.05, 0) is 38.0 Å². The summed E-state index contributed by atoms with van der Waals surface area (Å²) in [4.78, 5) is 24.1. The number of aromatic hydroxyl groups is 1. The molecule has 1 aromatic heterocycles. The summed E-state index contributed by atoms with van der Waals surface area (Å²) in [5.74, 6) is -0.767. The van der Waals surface area contributed by atoms with E-state index < -0.39 is 48.3 Å². The quantitative estimate of drug-likeness (QED) is 0.268. The topological polar surface area (TPSA) is 142 Å². The Balaban J connectivity index is 1.65. The molecule has 1 aliphatic heterocycles. The van der Waals surface area contributed by atoms with Crippen LogP contribution < -0.4 is 5.63 Å². The molecule has 7 atom stereocenters. The van der Waals surface area contributed by atoms with Gasteiger partial charge < -0.3 is 29.6 Å². The Morgan fingerprint density at radius 1 is 1.00 bits per heavy atom. The highest BCUT2D eigenvalue weighted by Crippen LogP contribution is 2.37. The number of para-hydroxylation sites is 1. The molecule has 4 rings (SSSR count). The first kappa shape index (κ1) is 26.2. The summed E-state index contributed by atoms with van der Waals surface area (Å²) < 4.78 is 11.0. The van der Waals surface area contributed by atoms with Gasteiger partial charge in [-0.1, -0.05) is 47.7 Å². The van der Waals surface area contributed by atoms with Crippen molar-refractivity contribution in [1.82, 2.24) is 5.23 Å². The molecule has 0 spiro atoms. The van der Waals surface area contributed by atoms with Crippen LogP contribution in [-0.4, -0.2) is 69.5 Å². The molecule has 1 fully saturated rings. The summed E-state index contributed by atoms with van der Waals surface area (Å²) in [5.41, 5.74) is 0.487. The molecule has 0 radical (unpaired) electrons. The SMILES string of the molecule is CON(OC1O[C@@H](C)[C@@H](O)[C@@H](O)[C@@H]1O)C(C)CC(c1ccccc1)c1c(O)c2ccccc2oc1=O. The zero-order valence-electron chi connectivity index (χ0n) is 20.2. The number of hydrogen-bond donors (Lipinski definition) is 4. The second-order valence-electron chi connectivity index (χ2n) is 8.95. The van der Waals surface area contributed by atoms with Gasteiger partial charge in [0.2, 0.25) is 6.29 Å². The summed E-state index contributed by atoms with van der Waals surface area (Å²) in [6.07, 6.45) is -6.14. The van der Waals surface area contributed by atoms with Gasteiger partial charge in [0.25, 0.3) is 0 Å². The van der Waals surface area contributed by atoms with E-state index in [0.717, 1.165) is 10.8 Å². The first-order valence-corrected chi connectivity index (χ1v) is 11.7. The molecule has 194 valence electrons. The van der Waals surface area contributed by atoms with Crippen LogP contribution in [0.2, 0.25) is 0 Å². The Hall–Kier alpha value is -2.83. The van der Waals surface area contributed by atoms with E-state index in [2.05, 4.69) is 0 Å². The van der Waals surface area contributed by atoms with E-state index in [9.17, 15) is 25.2 Å². The van der Waals surface area contributed by atoms with E-state index in [1.165, 1.54) is 7.11 Å². The summed E-state index contributed by atoms with van der Waals surface area (Å²) in [6.45, 7) is 3.31. The molecule has 2 heterocycles. The Bertz CT molecular complexity index is 1220. The van der Waals surface area contributed by atoms with E-state index in [1.54, 1.807) is 38.1 Å². The van der Waals surface area contributed by atoms with Gasteiger partial charge in [-0.25, -0.2) is 9.63 Å². The van der Waals surface area contributed by atoms with Gasteiger partial charge in [0.1, 0.15) is 29.6 Å². The molecule has 2 aromatic carbocycles. The molecule has 3 unspecified atom stereocenters. The lowest BCUT2D eigenvalue weighted by Crippen LogP contribution is -2.58. The van der Waals surface area contributed by atoms with Crippen LogP contribution in [0.5, 0.6) is 5.75 Å². The predicted octanol–water partition coefficient (Wildman–Crippen LogP) is 2.03. The number of aliphatic hydroxyl groups is 3. The van der Waals surface area contributed by atoms with Gasteiger partial charge in [0.15, 0.2) is 0 Å². The molecule has 0 bridgehead atoms. The lowest BCUT2D eigenvalue weighted by Gasteiger charge is -2.41. The molecule has 0 amide bonds. The Morgan fingerprint density at radius 3 is 2.36 bits per heavy atom. The minimum atomic E-state index is -1.53. The number of hydroxylamine groups is 2. The van der Waals surface area contributed by atoms with Crippen LogP contribution in [0.4, 0.5) is 0 Å². The van der Waals surface area contributed by atoms with Crippen molar-refractivity contribution >= 4 is 11.0 Å². The second-order valence-corrected chi connectivity index (χ2v) is 8.95. The predicted molar refractivity (Wildman–Crippen MR) is 129 cm³/mol. The normalized spacial score (nSPS) is 26.2. The van der Waals surface area contributed by atoms with Crippen LogP contribution in [0.1, 0.15) is 37.3 Å². The lowest BCUT2D eigenvalue weighted by molar-refractivity contribution is -0.452. The number of benzene rings is 2. The summed E-state index contributed by atoms with van der Waals surface area (Å²) in [6, 6.07) is 15.4. The number of rotatable bonds is 8. The monoisotopic (exact) mass is 501 g/mol. The minimum Gasteiger partial charge on any atom is -0.507 e. The lowest BCUT2D eigenvalue weighted by atomic mass is 9.86. The standard InChI is InChI=1S/C26H31NO9/c1-14(27(33-3)36-26-24(31)23(30)21(28)15(2)34-26)13-18(16-9-5-4-6-10-16)20-22(29)17-11-7-8-12-19(17)35-25(20)32/h4-12,14-15,18,21,23-24,26,28-31H,13H2,1-3H3/t14?,15-,18?,21+,23+,24-,26?/m0/s1. The summed E-state index contributed by atoms with van der Waals surface area (Å²) in [7, 11) is 1.36. The number of nitrogens with zero attached hydrogens (tertiary/aromatic N) is 1. The smallest absolute Gasteiger partial charge is 0.343 e. The van der Waals surface area contributed by atoms with Gasteiger partial charge in [-0.3, -0.25) is 4.84 Å². The van der Waals surface area contributed by atoms with Gasteiger partial charge in [-0.2, -0.15) is 0 Å². The van der Waals surface area contributed by atoms with Crippen molar-refractivity contribution in [3.8, 4) is 5.75 Å². The minimum absolute atomic E-state index is 0.101. The first-order chi connectivity index (χ1) is 17.2. The van der Waals surface area contributed by atoms with Gasteiger partial charge >= 0.3 is 5.63 Å². The molecule has 36 heavy (non-hydrogen) atoms. The van der Waals surface area contributed by atoms with Crippen LogP contribution in [0.3, 0.4) is 0 Å². The van der Waals surface area contributed by atoms with Crippen molar-refractivity contribution < 1.29 is 39.3 Å². The molecule has 10 nitrogen and oxygen atoms in total. The number of ether oxygens (including phenoxy) is 1. The van der Waals surface area contributed by atoms with Crippen molar-refractivity contribution in [2.24, 2.45) is 0 Å². The van der Waals surface area contributed by atoms with Crippen LogP contribution >= 0.6 is 0 Å². The van der Waals surface area contributed by atoms with Gasteiger partial charge in [0.05, 0.1) is 30.2 Å². The maximum absolute atomic E-state index is 13.0. The van der Waals surface area contributed by atoms with Crippen molar-refractivity contribution in [3.05, 3.63) is 76.1 Å². The second kappa shape index (κ2) is 11.1. The third-order valence-corrected chi connectivity index (χ3v) is 6.50. The fourth-order valence-corrected chi connectivity index (χ4v) is 4.52. The fraction of sp³-hybridized carbons (Fsp3) is 0.423. The molecule has 0 saturated carbocycles. The van der Waals surface area contributed by atoms with Crippen molar-refractivity contribution in [2.45, 2.75) is 62.9 Å². The maximum atomic E-state index is 13.0. The van der Waals surface area contributed by atoms with Crippen LogP contribution in [0.25, 0.3) is 11.0 Å². The maximum Gasteiger partial charge on any atom is 0.343 e. The van der Waals surface area contributed by atoms with Crippen molar-refractivity contribution in [3.63, 3.8) is 0 Å². The fourth-order valence-electron chi connectivity index (χ4n) is 4.52. The van der Waals surface area contributed by atoms with E-state index in [4.69, 9.17) is 18.8 Å². The van der Waals surface area contributed by atoms with E-state index in [1.807, 2.05) is 30.3 Å². The van der Waals surface area contributed by atoms with Gasteiger partial charge in [-0.15, -0.1) is 0 Å². The molecule has 0 aliphatic carbocycles. The Kier molecular flexibility index (Phi) is 8.06. The highest BCUT2D eigenvalue weighted by molar-refractivity contribution is 5.84. The first-order valence-electron chi connectivity index (χ1n) is 11.7. The number of hydrogen-bond acceptors (Lipinski definition) is 10. The van der Waals surface area contributed by atoms with Crippen molar-refractivity contribution in [1.29, 1.82) is 0 Å². The molecule has 3 aromatic rings.